The highest BCUT2D eigenvalue weighted by molar-refractivity contribution is 5.77. The summed E-state index contributed by atoms with van der Waals surface area (Å²) in [6, 6.07) is 9.81. The van der Waals surface area contributed by atoms with Crippen LogP contribution >= 0.6 is 0 Å². The first kappa shape index (κ1) is 15.3. The number of ether oxygens (including phenoxy) is 1. The first-order valence-electron chi connectivity index (χ1n) is 8.60. The molecule has 4 heteroatoms. The van der Waals surface area contributed by atoms with Crippen molar-refractivity contribution in [3.05, 3.63) is 65.7 Å². The van der Waals surface area contributed by atoms with Crippen LogP contribution in [-0.4, -0.2) is 11.0 Å². The molecule has 2 aromatic rings. The molecule has 2 aliphatic carbocycles. The number of aromatic nitrogens is 1. The van der Waals surface area contributed by atoms with Crippen LogP contribution < -0.4 is 0 Å². The second-order valence-electron chi connectivity index (χ2n) is 6.79. The summed E-state index contributed by atoms with van der Waals surface area (Å²) in [4.78, 5) is 16.7. The normalized spacial score (nSPS) is 26.3. The summed E-state index contributed by atoms with van der Waals surface area (Å²) in [6.45, 7) is 0. The summed E-state index contributed by atoms with van der Waals surface area (Å²) in [5.41, 5.74) is 1.63. The van der Waals surface area contributed by atoms with Crippen LogP contribution in [0.3, 0.4) is 0 Å². The molecule has 0 N–H and O–H groups in total. The van der Waals surface area contributed by atoms with E-state index in [4.69, 9.17) is 4.74 Å². The average Bonchev–Trinajstić information content (AvgIpc) is 3.36. The minimum absolute atomic E-state index is 0.0530. The van der Waals surface area contributed by atoms with E-state index in [0.29, 0.717) is 11.8 Å². The molecule has 0 saturated heterocycles. The smallest absolute Gasteiger partial charge is 0.310 e. The highest BCUT2D eigenvalue weighted by atomic mass is 19.1. The Hall–Kier alpha value is -2.23. The van der Waals surface area contributed by atoms with Crippen LogP contribution in [0, 0.1) is 23.6 Å². The van der Waals surface area contributed by atoms with Gasteiger partial charge in [0.2, 0.25) is 0 Å². The molecular weight excluding hydrogens is 305 g/mol. The van der Waals surface area contributed by atoms with E-state index in [1.54, 1.807) is 24.5 Å². The first-order chi connectivity index (χ1) is 11.7. The van der Waals surface area contributed by atoms with Gasteiger partial charge in [0.15, 0.2) is 6.10 Å². The maximum atomic E-state index is 13.2. The van der Waals surface area contributed by atoms with Crippen molar-refractivity contribution in [2.75, 3.05) is 0 Å². The minimum Gasteiger partial charge on any atom is -0.452 e. The molecule has 0 radical (unpaired) electrons. The van der Waals surface area contributed by atoms with Gasteiger partial charge in [0, 0.05) is 18.0 Å². The Bertz CT molecular complexity index is 704. The van der Waals surface area contributed by atoms with Gasteiger partial charge in [-0.1, -0.05) is 25.0 Å². The SMILES string of the molecule is O=C(O[C@@H](c1ccncc1)c1ccc(F)cc1)C1[C@H]2CCCC[C@@H]12. The molecule has 0 bridgehead atoms. The Balaban J connectivity index is 1.56. The van der Waals surface area contributed by atoms with Gasteiger partial charge in [-0.2, -0.15) is 0 Å². The molecule has 4 atom stereocenters. The molecular formula is C20H20FNO2. The number of hydrogen-bond donors (Lipinski definition) is 0. The molecule has 0 aliphatic heterocycles. The van der Waals surface area contributed by atoms with Gasteiger partial charge in [-0.05, 0) is 54.5 Å². The van der Waals surface area contributed by atoms with Crippen molar-refractivity contribution in [1.29, 1.82) is 0 Å². The van der Waals surface area contributed by atoms with Crippen molar-refractivity contribution in [2.45, 2.75) is 31.8 Å². The van der Waals surface area contributed by atoms with Crippen LogP contribution in [0.2, 0.25) is 0 Å². The number of rotatable bonds is 4. The lowest BCUT2D eigenvalue weighted by Crippen LogP contribution is -2.15. The van der Waals surface area contributed by atoms with E-state index in [0.717, 1.165) is 24.0 Å². The maximum absolute atomic E-state index is 13.2. The van der Waals surface area contributed by atoms with Crippen LogP contribution in [0.5, 0.6) is 0 Å². The lowest BCUT2D eigenvalue weighted by Gasteiger charge is -2.19. The molecule has 24 heavy (non-hydrogen) atoms. The molecule has 3 nitrogen and oxygen atoms in total. The molecule has 4 rings (SSSR count). The van der Waals surface area contributed by atoms with Gasteiger partial charge in [-0.15, -0.1) is 0 Å². The highest BCUT2D eigenvalue weighted by Crippen LogP contribution is 2.56. The van der Waals surface area contributed by atoms with Crippen molar-refractivity contribution in [2.24, 2.45) is 17.8 Å². The van der Waals surface area contributed by atoms with E-state index >= 15 is 0 Å². The van der Waals surface area contributed by atoms with Gasteiger partial charge in [0.25, 0.3) is 0 Å². The fourth-order valence-electron chi connectivity index (χ4n) is 4.04. The van der Waals surface area contributed by atoms with Gasteiger partial charge in [-0.25, -0.2) is 4.39 Å². The van der Waals surface area contributed by atoms with Gasteiger partial charge in [0.05, 0.1) is 5.92 Å². The zero-order valence-electron chi connectivity index (χ0n) is 13.4. The van der Waals surface area contributed by atoms with Gasteiger partial charge in [0.1, 0.15) is 5.82 Å². The molecule has 0 amide bonds. The van der Waals surface area contributed by atoms with E-state index in [1.807, 2.05) is 12.1 Å². The Kier molecular flexibility index (Phi) is 4.05. The van der Waals surface area contributed by atoms with Crippen molar-refractivity contribution < 1.29 is 13.9 Å². The molecule has 1 unspecified atom stereocenters. The molecule has 2 fully saturated rings. The van der Waals surface area contributed by atoms with E-state index in [9.17, 15) is 9.18 Å². The number of hydrogen-bond acceptors (Lipinski definition) is 3. The van der Waals surface area contributed by atoms with Crippen molar-refractivity contribution in [1.82, 2.24) is 4.98 Å². The largest absolute Gasteiger partial charge is 0.452 e. The Morgan fingerprint density at radius 2 is 1.58 bits per heavy atom. The number of carbonyl (C=O) groups excluding carboxylic acids is 1. The number of fused-ring (bicyclic) bond motifs is 1. The summed E-state index contributed by atoms with van der Waals surface area (Å²) in [5.74, 6) is 0.664. The number of esters is 1. The predicted molar refractivity (Wildman–Crippen MR) is 87.5 cm³/mol. The lowest BCUT2D eigenvalue weighted by molar-refractivity contribution is -0.149. The van der Waals surface area contributed by atoms with Crippen LogP contribution in [0.15, 0.2) is 48.8 Å². The Labute approximate surface area is 140 Å². The summed E-state index contributed by atoms with van der Waals surface area (Å²) < 4.78 is 19.1. The van der Waals surface area contributed by atoms with E-state index < -0.39 is 6.10 Å². The number of halogens is 1. The minimum atomic E-state index is -0.510. The monoisotopic (exact) mass is 325 g/mol. The number of pyridine rings is 1. The number of benzene rings is 1. The summed E-state index contributed by atoms with van der Waals surface area (Å²) in [6.07, 6.45) is 7.56. The van der Waals surface area contributed by atoms with Gasteiger partial charge < -0.3 is 4.74 Å². The summed E-state index contributed by atoms with van der Waals surface area (Å²) >= 11 is 0. The number of nitrogens with zero attached hydrogens (tertiary/aromatic N) is 1. The van der Waals surface area contributed by atoms with Crippen molar-refractivity contribution >= 4 is 5.97 Å². The maximum Gasteiger partial charge on any atom is 0.310 e. The third-order valence-corrected chi connectivity index (χ3v) is 5.34. The quantitative estimate of drug-likeness (QED) is 0.787. The highest BCUT2D eigenvalue weighted by Gasteiger charge is 2.56. The fraction of sp³-hybridized carbons (Fsp3) is 0.400. The zero-order chi connectivity index (χ0) is 16.5. The molecule has 124 valence electrons. The standard InChI is InChI=1S/C20H20FNO2/c21-15-7-5-13(6-8-15)19(14-9-11-22-12-10-14)24-20(23)18-16-3-1-2-4-17(16)18/h5-12,16-19H,1-4H2/t16-,17+,18?,19-/m1/s1. The predicted octanol–water partition coefficient (Wildman–Crippen LogP) is 4.29. The molecule has 1 aromatic heterocycles. The van der Waals surface area contributed by atoms with Crippen LogP contribution in [0.25, 0.3) is 0 Å². The van der Waals surface area contributed by atoms with Crippen molar-refractivity contribution in [3.8, 4) is 0 Å². The van der Waals surface area contributed by atoms with Crippen LogP contribution in [0.4, 0.5) is 4.39 Å². The average molecular weight is 325 g/mol. The lowest BCUT2D eigenvalue weighted by atomic mass is 10.0. The molecule has 0 spiro atoms. The first-order valence-corrected chi connectivity index (χ1v) is 8.60. The summed E-state index contributed by atoms with van der Waals surface area (Å²) in [7, 11) is 0. The third-order valence-electron chi connectivity index (χ3n) is 5.34. The number of carbonyl (C=O) groups is 1. The van der Waals surface area contributed by atoms with E-state index in [1.165, 1.54) is 25.0 Å². The van der Waals surface area contributed by atoms with Gasteiger partial charge >= 0.3 is 5.97 Å². The van der Waals surface area contributed by atoms with Crippen LogP contribution in [0.1, 0.15) is 42.9 Å². The van der Waals surface area contributed by atoms with Gasteiger partial charge in [-0.3, -0.25) is 9.78 Å². The van der Waals surface area contributed by atoms with Crippen molar-refractivity contribution in [3.63, 3.8) is 0 Å². The third kappa shape index (κ3) is 2.93. The Morgan fingerprint density at radius 1 is 1.00 bits per heavy atom. The fourth-order valence-corrected chi connectivity index (χ4v) is 4.04. The Morgan fingerprint density at radius 3 is 2.21 bits per heavy atom. The molecule has 1 aromatic carbocycles. The second kappa shape index (κ2) is 6.34. The topological polar surface area (TPSA) is 39.2 Å². The van der Waals surface area contributed by atoms with E-state index in [-0.39, 0.29) is 17.7 Å². The molecule has 2 aliphatic rings. The van der Waals surface area contributed by atoms with E-state index in [2.05, 4.69) is 4.98 Å². The second-order valence-corrected chi connectivity index (χ2v) is 6.79. The molecule has 2 saturated carbocycles. The molecule has 1 heterocycles. The van der Waals surface area contributed by atoms with Crippen LogP contribution in [-0.2, 0) is 9.53 Å². The zero-order valence-corrected chi connectivity index (χ0v) is 13.4. The summed E-state index contributed by atoms with van der Waals surface area (Å²) in [5, 5.41) is 0.